The number of anilines is 1. The van der Waals surface area contributed by atoms with Gasteiger partial charge in [0.15, 0.2) is 5.65 Å². The zero-order valence-electron chi connectivity index (χ0n) is 21.3. The minimum absolute atomic E-state index is 0.0458. The molecule has 0 aromatic carbocycles. The van der Waals surface area contributed by atoms with Crippen LogP contribution < -0.4 is 10.6 Å². The average molecular weight is 517 g/mol. The van der Waals surface area contributed by atoms with Crippen molar-refractivity contribution in [3.8, 4) is 11.1 Å². The third-order valence-electron chi connectivity index (χ3n) is 7.80. The van der Waals surface area contributed by atoms with E-state index in [2.05, 4.69) is 54.0 Å². The zero-order chi connectivity index (χ0) is 26.2. The summed E-state index contributed by atoms with van der Waals surface area (Å²) in [5, 5.41) is 15.1. The number of pyridine rings is 3. The molecule has 2 atom stereocenters. The molecule has 0 radical (unpaired) electrons. The molecule has 5 heterocycles. The minimum atomic E-state index is -0.0458. The van der Waals surface area contributed by atoms with Crippen molar-refractivity contribution in [3.63, 3.8) is 0 Å². The van der Waals surface area contributed by atoms with Crippen LogP contribution in [0, 0.1) is 5.92 Å². The molecule has 2 aliphatic carbocycles. The number of allylic oxidation sites excluding steroid dienone is 2. The van der Waals surface area contributed by atoms with Gasteiger partial charge in [0, 0.05) is 41.8 Å². The first-order chi connectivity index (χ1) is 19.2. The molecule has 4 aromatic heterocycles. The van der Waals surface area contributed by atoms with Gasteiger partial charge in [-0.25, -0.2) is 4.98 Å². The van der Waals surface area contributed by atoms with Gasteiger partial charge in [-0.1, -0.05) is 37.5 Å². The Morgan fingerprint density at radius 1 is 0.949 bits per heavy atom. The van der Waals surface area contributed by atoms with Crippen LogP contribution >= 0.6 is 0 Å². The smallest absolute Gasteiger partial charge is 0.227 e. The molecule has 0 saturated heterocycles. The number of fused-ring (bicyclic) bond motifs is 2. The molecule has 4 aromatic rings. The van der Waals surface area contributed by atoms with Crippen molar-refractivity contribution in [1.82, 2.24) is 30.5 Å². The van der Waals surface area contributed by atoms with Crippen molar-refractivity contribution in [2.24, 2.45) is 10.9 Å². The van der Waals surface area contributed by atoms with E-state index in [1.807, 2.05) is 24.3 Å². The summed E-state index contributed by atoms with van der Waals surface area (Å²) >= 11 is 0. The van der Waals surface area contributed by atoms with Gasteiger partial charge in [0.05, 0.1) is 23.3 Å². The fourth-order valence-corrected chi connectivity index (χ4v) is 5.75. The summed E-state index contributed by atoms with van der Waals surface area (Å²) in [5.74, 6) is 0.922. The maximum absolute atomic E-state index is 12.8. The van der Waals surface area contributed by atoms with Crippen molar-refractivity contribution >= 4 is 34.0 Å². The highest BCUT2D eigenvalue weighted by molar-refractivity contribution is 6.09. The summed E-state index contributed by atoms with van der Waals surface area (Å²) in [4.78, 5) is 31.0. The van der Waals surface area contributed by atoms with Crippen molar-refractivity contribution in [2.75, 3.05) is 5.32 Å². The van der Waals surface area contributed by atoms with E-state index in [1.54, 1.807) is 31.0 Å². The van der Waals surface area contributed by atoms with E-state index in [9.17, 15) is 4.79 Å². The van der Waals surface area contributed by atoms with Crippen molar-refractivity contribution in [3.05, 3.63) is 84.7 Å². The van der Waals surface area contributed by atoms with E-state index in [0.29, 0.717) is 11.3 Å². The third-order valence-corrected chi connectivity index (χ3v) is 7.80. The Morgan fingerprint density at radius 3 is 2.67 bits per heavy atom. The second kappa shape index (κ2) is 9.90. The van der Waals surface area contributed by atoms with Gasteiger partial charge in [-0.15, -0.1) is 0 Å². The number of carbonyl (C=O) groups excluding carboxylic acids is 1. The van der Waals surface area contributed by atoms with Gasteiger partial charge < -0.3 is 10.6 Å². The van der Waals surface area contributed by atoms with Crippen LogP contribution in [0.3, 0.4) is 0 Å². The summed E-state index contributed by atoms with van der Waals surface area (Å²) in [6.45, 7) is 0. The fraction of sp³-hybridized carbons (Fsp3) is 0.267. The molecule has 39 heavy (non-hydrogen) atoms. The van der Waals surface area contributed by atoms with Gasteiger partial charge in [0.25, 0.3) is 0 Å². The van der Waals surface area contributed by atoms with Gasteiger partial charge in [-0.3, -0.25) is 24.9 Å². The molecule has 3 N–H and O–H groups in total. The predicted molar refractivity (Wildman–Crippen MR) is 151 cm³/mol. The Hall–Kier alpha value is -4.66. The highest BCUT2D eigenvalue weighted by Gasteiger charge is 2.33. The second-order valence-corrected chi connectivity index (χ2v) is 10.3. The Bertz CT molecular complexity index is 1630. The van der Waals surface area contributed by atoms with Crippen LogP contribution in [-0.2, 0) is 4.79 Å². The molecule has 3 aliphatic rings. The molecule has 2 unspecified atom stereocenters. The van der Waals surface area contributed by atoms with E-state index >= 15 is 0 Å². The van der Waals surface area contributed by atoms with E-state index in [0.717, 1.165) is 64.9 Å². The Kier molecular flexibility index (Phi) is 5.96. The molecule has 0 bridgehead atoms. The molecular weight excluding hydrogens is 488 g/mol. The molecule has 1 amide bonds. The standard InChI is InChI=1S/C30H28N8O/c39-30(19-5-2-1-3-6-19)34-22-13-20(15-32-17-22)21-14-24-27(37-38-28(24)33-16-21)29-35-25-8-4-7-23(26(25)36-29)18-9-11-31-12-10-18/h4,7-17,19,25-26H,1-3,5-6H2,(H,34,39)(H,35,36)(H,33,37,38). The average Bonchev–Trinajstić information content (AvgIpc) is 3.62. The monoisotopic (exact) mass is 516 g/mol. The lowest BCUT2D eigenvalue weighted by molar-refractivity contribution is -0.120. The van der Waals surface area contributed by atoms with Crippen molar-refractivity contribution in [2.45, 2.75) is 44.2 Å². The van der Waals surface area contributed by atoms with Crippen LogP contribution in [0.5, 0.6) is 0 Å². The summed E-state index contributed by atoms with van der Waals surface area (Å²) in [7, 11) is 0. The van der Waals surface area contributed by atoms with Gasteiger partial charge >= 0.3 is 0 Å². The second-order valence-electron chi connectivity index (χ2n) is 10.3. The maximum Gasteiger partial charge on any atom is 0.227 e. The van der Waals surface area contributed by atoms with Crippen LogP contribution in [0.4, 0.5) is 5.69 Å². The molecule has 1 aliphatic heterocycles. The Balaban J connectivity index is 1.17. The van der Waals surface area contributed by atoms with Crippen LogP contribution in [0.15, 0.2) is 78.5 Å². The largest absolute Gasteiger partial charge is 0.360 e. The molecule has 7 rings (SSSR count). The summed E-state index contributed by atoms with van der Waals surface area (Å²) in [6.07, 6.45) is 20.6. The number of aromatic amines is 1. The number of hydrogen-bond donors (Lipinski definition) is 3. The molecular formula is C30H28N8O. The first kappa shape index (κ1) is 23.5. The maximum atomic E-state index is 12.8. The first-order valence-electron chi connectivity index (χ1n) is 13.5. The molecule has 1 fully saturated rings. The number of H-pyrrole nitrogens is 1. The topological polar surface area (TPSA) is 121 Å². The number of nitrogens with one attached hydrogen (secondary N) is 3. The highest BCUT2D eigenvalue weighted by Crippen LogP contribution is 2.32. The van der Waals surface area contributed by atoms with Gasteiger partial charge in [0.2, 0.25) is 5.91 Å². The summed E-state index contributed by atoms with van der Waals surface area (Å²) < 4.78 is 0. The van der Waals surface area contributed by atoms with Crippen molar-refractivity contribution < 1.29 is 4.79 Å². The zero-order valence-corrected chi connectivity index (χ0v) is 21.3. The number of aliphatic imine (C=N–C) groups is 1. The lowest BCUT2D eigenvalue weighted by atomic mass is 9.88. The molecule has 1 saturated carbocycles. The number of rotatable bonds is 5. The molecule has 9 heteroatoms. The van der Waals surface area contributed by atoms with Crippen molar-refractivity contribution in [1.29, 1.82) is 0 Å². The number of aromatic nitrogens is 5. The third kappa shape index (κ3) is 4.50. The lowest BCUT2D eigenvalue weighted by Crippen LogP contribution is -2.35. The number of nitrogens with zero attached hydrogens (tertiary/aromatic N) is 5. The van der Waals surface area contributed by atoms with Crippen LogP contribution in [-0.4, -0.2) is 49.0 Å². The van der Waals surface area contributed by atoms with E-state index in [-0.39, 0.29) is 23.9 Å². The normalized spacial score (nSPS) is 20.7. The fourth-order valence-electron chi connectivity index (χ4n) is 5.75. The first-order valence-corrected chi connectivity index (χ1v) is 13.5. The SMILES string of the molecule is O=C(Nc1cncc(-c2cnc3n[nH]c(C4=NC5C(c6ccncc6)=CC=CC5N4)c3c2)c1)C1CCCCC1. The number of carbonyl (C=O) groups is 1. The van der Waals surface area contributed by atoms with Crippen LogP contribution in [0.25, 0.3) is 27.7 Å². The van der Waals surface area contributed by atoms with E-state index < -0.39 is 0 Å². The van der Waals surface area contributed by atoms with Gasteiger partial charge in [-0.05, 0) is 48.2 Å². The quantitative estimate of drug-likeness (QED) is 0.354. The Labute approximate surface area is 225 Å². The molecule has 0 spiro atoms. The number of amides is 1. The van der Waals surface area contributed by atoms with Gasteiger partial charge in [-0.2, -0.15) is 5.10 Å². The van der Waals surface area contributed by atoms with E-state index in [1.165, 1.54) is 6.42 Å². The van der Waals surface area contributed by atoms with Crippen LogP contribution in [0.1, 0.15) is 43.4 Å². The number of hydrogen-bond acceptors (Lipinski definition) is 7. The minimum Gasteiger partial charge on any atom is -0.360 e. The lowest BCUT2D eigenvalue weighted by Gasteiger charge is -2.21. The number of amidine groups is 1. The molecule has 194 valence electrons. The highest BCUT2D eigenvalue weighted by atomic mass is 16.1. The summed E-state index contributed by atoms with van der Waals surface area (Å²) in [6, 6.07) is 8.03. The van der Waals surface area contributed by atoms with Crippen LogP contribution in [0.2, 0.25) is 0 Å². The Morgan fingerprint density at radius 2 is 1.79 bits per heavy atom. The summed E-state index contributed by atoms with van der Waals surface area (Å²) in [5.41, 5.74) is 6.13. The van der Waals surface area contributed by atoms with E-state index in [4.69, 9.17) is 4.99 Å². The predicted octanol–water partition coefficient (Wildman–Crippen LogP) is 4.67. The molecule has 9 nitrogen and oxygen atoms in total. The van der Waals surface area contributed by atoms with Gasteiger partial charge in [0.1, 0.15) is 17.6 Å².